The molecule has 1 fully saturated rings. The van der Waals surface area contributed by atoms with E-state index < -0.39 is 0 Å². The minimum absolute atomic E-state index is 0.510. The molecule has 1 aliphatic rings. The third kappa shape index (κ3) is 2.33. The zero-order chi connectivity index (χ0) is 13.4. The molecule has 1 nitrogen and oxygen atoms in total. The topological polar surface area (TPSA) is 12.0 Å². The van der Waals surface area contributed by atoms with Crippen LogP contribution in [0.3, 0.4) is 0 Å². The molecule has 1 heteroatoms. The Labute approximate surface area is 112 Å². The first kappa shape index (κ1) is 13.6. The number of benzene rings is 1. The van der Waals surface area contributed by atoms with Crippen molar-refractivity contribution in [3.8, 4) is 0 Å². The predicted octanol–water partition coefficient (Wildman–Crippen LogP) is 4.23. The second kappa shape index (κ2) is 5.05. The van der Waals surface area contributed by atoms with Gasteiger partial charge in [0, 0.05) is 6.04 Å². The van der Waals surface area contributed by atoms with Gasteiger partial charge in [0.25, 0.3) is 0 Å². The van der Waals surface area contributed by atoms with E-state index >= 15 is 0 Å². The fourth-order valence-electron chi connectivity index (χ4n) is 3.28. The quantitative estimate of drug-likeness (QED) is 0.837. The summed E-state index contributed by atoms with van der Waals surface area (Å²) in [5, 5.41) is 3.58. The Morgan fingerprint density at radius 1 is 1.06 bits per heavy atom. The van der Waals surface area contributed by atoms with E-state index in [1.165, 1.54) is 35.1 Å². The van der Waals surface area contributed by atoms with Crippen LogP contribution in [0.25, 0.3) is 0 Å². The van der Waals surface area contributed by atoms with Crippen LogP contribution in [0.1, 0.15) is 53.6 Å². The van der Waals surface area contributed by atoms with Crippen molar-refractivity contribution in [1.82, 2.24) is 5.32 Å². The van der Waals surface area contributed by atoms with Gasteiger partial charge in [-0.15, -0.1) is 0 Å². The summed E-state index contributed by atoms with van der Waals surface area (Å²) in [6.45, 7) is 11.4. The maximum Gasteiger partial charge on any atom is 0.0351 e. The third-order valence-corrected chi connectivity index (χ3v) is 4.94. The van der Waals surface area contributed by atoms with Gasteiger partial charge in [-0.1, -0.05) is 13.0 Å². The van der Waals surface area contributed by atoms with Gasteiger partial charge in [0.1, 0.15) is 0 Å². The number of hydrogen-bond donors (Lipinski definition) is 1. The lowest BCUT2D eigenvalue weighted by molar-refractivity contribution is 0.366. The molecule has 0 bridgehead atoms. The van der Waals surface area contributed by atoms with Crippen molar-refractivity contribution in [1.29, 1.82) is 0 Å². The maximum absolute atomic E-state index is 3.58. The molecular formula is C17H27N. The molecule has 0 aliphatic heterocycles. The van der Waals surface area contributed by atoms with Crippen LogP contribution in [0.2, 0.25) is 0 Å². The predicted molar refractivity (Wildman–Crippen MR) is 79.1 cm³/mol. The lowest BCUT2D eigenvalue weighted by Crippen LogP contribution is -2.27. The SMILES string of the molecule is CNC(c1c(C)c(C)cc(C)c1C)C(C)C1CC1. The lowest BCUT2D eigenvalue weighted by atomic mass is 9.83. The summed E-state index contributed by atoms with van der Waals surface area (Å²) in [4.78, 5) is 0. The van der Waals surface area contributed by atoms with Gasteiger partial charge in [-0.05, 0) is 87.2 Å². The second-order valence-electron chi connectivity index (χ2n) is 6.14. The van der Waals surface area contributed by atoms with Crippen LogP contribution in [0.15, 0.2) is 6.07 Å². The summed E-state index contributed by atoms with van der Waals surface area (Å²) in [6.07, 6.45) is 2.84. The number of nitrogens with one attached hydrogen (secondary N) is 1. The molecule has 0 amide bonds. The maximum atomic E-state index is 3.58. The molecule has 1 aromatic rings. The third-order valence-electron chi connectivity index (χ3n) is 4.94. The lowest BCUT2D eigenvalue weighted by Gasteiger charge is -2.29. The molecule has 1 aromatic carbocycles. The molecule has 0 radical (unpaired) electrons. The van der Waals surface area contributed by atoms with Crippen LogP contribution in [0.4, 0.5) is 0 Å². The molecule has 1 saturated carbocycles. The Bertz CT molecular complexity index is 417. The van der Waals surface area contributed by atoms with Gasteiger partial charge in [0.05, 0.1) is 0 Å². The highest BCUT2D eigenvalue weighted by Crippen LogP contribution is 2.44. The molecule has 2 atom stereocenters. The highest BCUT2D eigenvalue weighted by molar-refractivity contribution is 5.46. The molecule has 0 heterocycles. The minimum Gasteiger partial charge on any atom is -0.313 e. The number of rotatable bonds is 4. The summed E-state index contributed by atoms with van der Waals surface area (Å²) < 4.78 is 0. The second-order valence-corrected chi connectivity index (χ2v) is 6.14. The average Bonchev–Trinajstić information content (AvgIpc) is 3.15. The van der Waals surface area contributed by atoms with Crippen LogP contribution in [-0.4, -0.2) is 7.05 Å². The largest absolute Gasteiger partial charge is 0.313 e. The van der Waals surface area contributed by atoms with Crippen LogP contribution in [-0.2, 0) is 0 Å². The van der Waals surface area contributed by atoms with Gasteiger partial charge in [0.2, 0.25) is 0 Å². The molecule has 0 saturated heterocycles. The first-order valence-corrected chi connectivity index (χ1v) is 7.22. The van der Waals surface area contributed by atoms with Crippen molar-refractivity contribution < 1.29 is 0 Å². The van der Waals surface area contributed by atoms with Crippen molar-refractivity contribution in [2.24, 2.45) is 11.8 Å². The van der Waals surface area contributed by atoms with Crippen LogP contribution >= 0.6 is 0 Å². The van der Waals surface area contributed by atoms with Gasteiger partial charge < -0.3 is 5.32 Å². The van der Waals surface area contributed by atoms with Gasteiger partial charge >= 0.3 is 0 Å². The Kier molecular flexibility index (Phi) is 3.82. The van der Waals surface area contributed by atoms with E-state index in [1.807, 2.05) is 0 Å². The van der Waals surface area contributed by atoms with Crippen molar-refractivity contribution in [2.45, 2.75) is 53.5 Å². The molecular weight excluding hydrogens is 218 g/mol. The molecule has 18 heavy (non-hydrogen) atoms. The zero-order valence-electron chi connectivity index (χ0n) is 12.7. The van der Waals surface area contributed by atoms with Gasteiger partial charge in [0.15, 0.2) is 0 Å². The first-order chi connectivity index (χ1) is 8.47. The van der Waals surface area contributed by atoms with E-state index in [-0.39, 0.29) is 0 Å². The highest BCUT2D eigenvalue weighted by atomic mass is 14.9. The fraction of sp³-hybridized carbons (Fsp3) is 0.647. The smallest absolute Gasteiger partial charge is 0.0351 e. The van der Waals surface area contributed by atoms with Gasteiger partial charge in [-0.3, -0.25) is 0 Å². The summed E-state index contributed by atoms with van der Waals surface area (Å²) in [5.41, 5.74) is 7.36. The first-order valence-electron chi connectivity index (χ1n) is 7.22. The van der Waals surface area contributed by atoms with E-state index in [4.69, 9.17) is 0 Å². The number of aryl methyl sites for hydroxylation is 2. The summed E-state index contributed by atoms with van der Waals surface area (Å²) in [7, 11) is 2.11. The van der Waals surface area contributed by atoms with Crippen molar-refractivity contribution in [2.75, 3.05) is 7.05 Å². The van der Waals surface area contributed by atoms with E-state index in [9.17, 15) is 0 Å². The summed E-state index contributed by atoms with van der Waals surface area (Å²) in [5.74, 6) is 1.68. The summed E-state index contributed by atoms with van der Waals surface area (Å²) >= 11 is 0. The van der Waals surface area contributed by atoms with E-state index in [0.29, 0.717) is 6.04 Å². The Balaban J connectivity index is 2.46. The normalized spacial score (nSPS) is 18.8. The van der Waals surface area contributed by atoms with Crippen molar-refractivity contribution >= 4 is 0 Å². The fourth-order valence-corrected chi connectivity index (χ4v) is 3.28. The van der Waals surface area contributed by atoms with E-state index in [1.54, 1.807) is 5.56 Å². The van der Waals surface area contributed by atoms with E-state index in [2.05, 4.69) is 53.0 Å². The molecule has 0 aromatic heterocycles. The minimum atomic E-state index is 0.510. The Hall–Kier alpha value is -0.820. The number of hydrogen-bond acceptors (Lipinski definition) is 1. The van der Waals surface area contributed by atoms with Crippen LogP contribution < -0.4 is 5.32 Å². The highest BCUT2D eigenvalue weighted by Gasteiger charge is 2.34. The monoisotopic (exact) mass is 245 g/mol. The zero-order valence-corrected chi connectivity index (χ0v) is 12.7. The molecule has 100 valence electrons. The van der Waals surface area contributed by atoms with E-state index in [0.717, 1.165) is 11.8 Å². The molecule has 2 unspecified atom stereocenters. The Morgan fingerprint density at radius 3 is 1.94 bits per heavy atom. The Morgan fingerprint density at radius 2 is 1.56 bits per heavy atom. The molecule has 1 N–H and O–H groups in total. The average molecular weight is 245 g/mol. The van der Waals surface area contributed by atoms with Gasteiger partial charge in [-0.25, -0.2) is 0 Å². The van der Waals surface area contributed by atoms with Crippen LogP contribution in [0, 0.1) is 39.5 Å². The summed E-state index contributed by atoms with van der Waals surface area (Å²) in [6, 6.07) is 2.83. The molecule has 0 spiro atoms. The van der Waals surface area contributed by atoms with Crippen molar-refractivity contribution in [3.05, 3.63) is 33.9 Å². The van der Waals surface area contributed by atoms with Gasteiger partial charge in [-0.2, -0.15) is 0 Å². The molecule has 1 aliphatic carbocycles. The van der Waals surface area contributed by atoms with Crippen LogP contribution in [0.5, 0.6) is 0 Å². The molecule has 2 rings (SSSR count). The standard InChI is InChI=1S/C17H27N/c1-10-9-11(2)13(4)16(12(10)3)17(18-6)14(5)15-7-8-15/h9,14-15,17-18H,7-8H2,1-6H3. The van der Waals surface area contributed by atoms with Crippen molar-refractivity contribution in [3.63, 3.8) is 0 Å².